The smallest absolute Gasteiger partial charge is 0.254 e. The topological polar surface area (TPSA) is 96.5 Å². The number of rotatable bonds is 5. The lowest BCUT2D eigenvalue weighted by molar-refractivity contribution is 0.0617. The average Bonchev–Trinajstić information content (AvgIpc) is 3.50. The molecule has 196 valence electrons. The quantitative estimate of drug-likeness (QED) is 0.424. The Morgan fingerprint density at radius 2 is 1.76 bits per heavy atom. The number of benzene rings is 2. The van der Waals surface area contributed by atoms with Crippen molar-refractivity contribution in [2.45, 2.75) is 25.4 Å². The van der Waals surface area contributed by atoms with Gasteiger partial charge in [0, 0.05) is 36.0 Å². The fourth-order valence-electron chi connectivity index (χ4n) is 5.32. The molecule has 0 saturated carbocycles. The molecule has 6 rings (SSSR count). The molecule has 2 aliphatic rings. The summed E-state index contributed by atoms with van der Waals surface area (Å²) in [5, 5.41) is 7.83. The number of carbonyl (C=O) groups excluding carboxylic acids is 1. The maximum absolute atomic E-state index is 15.0. The number of hydrogen-bond donors (Lipinski definition) is 1. The highest BCUT2D eigenvalue weighted by Crippen LogP contribution is 2.37. The molecule has 0 radical (unpaired) electrons. The maximum Gasteiger partial charge on any atom is 0.254 e. The van der Waals surface area contributed by atoms with Crippen LogP contribution in [0.15, 0.2) is 30.5 Å². The molecule has 9 nitrogen and oxygen atoms in total. The first-order valence-corrected chi connectivity index (χ1v) is 12.3. The van der Waals surface area contributed by atoms with Gasteiger partial charge >= 0.3 is 0 Å². The minimum atomic E-state index is -0.928. The molecule has 2 aromatic carbocycles. The number of H-pyrrole nitrogens is 1. The minimum Gasteiger partial charge on any atom is -0.494 e. The summed E-state index contributed by atoms with van der Waals surface area (Å²) in [7, 11) is 4.66. The fourth-order valence-corrected chi connectivity index (χ4v) is 5.32. The Labute approximate surface area is 217 Å². The van der Waals surface area contributed by atoms with Crippen molar-refractivity contribution in [2.24, 2.45) is 0 Å². The van der Waals surface area contributed by atoms with Gasteiger partial charge in [-0.25, -0.2) is 18.7 Å². The fraction of sp³-hybridized carbons (Fsp3) is 0.333. The molecular formula is C27H26F2N6O3. The second-order valence-corrected chi connectivity index (χ2v) is 9.65. The molecule has 11 heteroatoms. The summed E-state index contributed by atoms with van der Waals surface area (Å²) in [5.41, 5.74) is 2.91. The molecule has 0 spiro atoms. The first-order chi connectivity index (χ1) is 18.4. The third kappa shape index (κ3) is 3.85. The zero-order valence-corrected chi connectivity index (χ0v) is 21.2. The van der Waals surface area contributed by atoms with E-state index in [2.05, 4.69) is 32.1 Å². The zero-order valence-electron chi connectivity index (χ0n) is 21.2. The largest absolute Gasteiger partial charge is 0.494 e. The van der Waals surface area contributed by atoms with Crippen molar-refractivity contribution < 1.29 is 23.0 Å². The van der Waals surface area contributed by atoms with Gasteiger partial charge in [0.1, 0.15) is 5.69 Å². The van der Waals surface area contributed by atoms with E-state index in [0.29, 0.717) is 28.8 Å². The zero-order chi connectivity index (χ0) is 26.6. The monoisotopic (exact) mass is 520 g/mol. The molecule has 2 aliphatic heterocycles. The number of likely N-dealkylation sites (tertiary alicyclic amines) is 1. The summed E-state index contributed by atoms with van der Waals surface area (Å²) in [4.78, 5) is 25.9. The number of carbonyl (C=O) groups is 1. The van der Waals surface area contributed by atoms with Crippen LogP contribution in [0.25, 0.3) is 33.7 Å². The molecule has 1 amide bonds. The van der Waals surface area contributed by atoms with Crippen molar-refractivity contribution in [3.63, 3.8) is 0 Å². The predicted molar refractivity (Wildman–Crippen MR) is 136 cm³/mol. The van der Waals surface area contributed by atoms with E-state index in [9.17, 15) is 13.6 Å². The van der Waals surface area contributed by atoms with Crippen molar-refractivity contribution >= 4 is 16.9 Å². The molecule has 1 fully saturated rings. The summed E-state index contributed by atoms with van der Waals surface area (Å²) < 4.78 is 40.0. The number of halogens is 2. The summed E-state index contributed by atoms with van der Waals surface area (Å²) in [6, 6.07) is 7.03. The lowest BCUT2D eigenvalue weighted by Crippen LogP contribution is -2.43. The standard InChI is InChI=1S/C27H26F2N6O3/c1-34-8-6-16(7-9-34)35-13-15-10-14(4-5-17(15)27(35)36)24-18-12-30-26(31-25(18)33-32-24)21-22(28)19(37-2)11-20(38-3)23(21)29/h4-5,10-12,16H,6-9,13H2,1-3H3,(H,30,31,32,33). The van der Waals surface area contributed by atoms with Gasteiger partial charge in [0.15, 0.2) is 34.6 Å². The van der Waals surface area contributed by atoms with Gasteiger partial charge in [0.05, 0.1) is 25.2 Å². The van der Waals surface area contributed by atoms with Crippen LogP contribution in [0.5, 0.6) is 11.5 Å². The Hall–Kier alpha value is -4.12. The number of fused-ring (bicyclic) bond motifs is 2. The number of nitrogens with one attached hydrogen (secondary N) is 1. The summed E-state index contributed by atoms with van der Waals surface area (Å²) in [5.74, 6) is -2.33. The SMILES string of the molecule is COc1cc(OC)c(F)c(-c2ncc3c(-c4ccc5c(c4)CN(C4CCN(C)CC4)C5=O)n[nH]c3n2)c1F. The highest BCUT2D eigenvalue weighted by molar-refractivity contribution is 6.00. The number of aromatic amines is 1. The van der Waals surface area contributed by atoms with E-state index in [1.807, 2.05) is 23.1 Å². The van der Waals surface area contributed by atoms with Gasteiger partial charge in [-0.3, -0.25) is 9.89 Å². The van der Waals surface area contributed by atoms with E-state index in [-0.39, 0.29) is 29.3 Å². The predicted octanol–water partition coefficient (Wildman–Crippen LogP) is 4.03. The van der Waals surface area contributed by atoms with Gasteiger partial charge in [0.2, 0.25) is 0 Å². The summed E-state index contributed by atoms with van der Waals surface area (Å²) in [6.45, 7) is 2.52. The molecule has 38 heavy (non-hydrogen) atoms. The highest BCUT2D eigenvalue weighted by Gasteiger charge is 2.34. The Bertz CT molecular complexity index is 1540. The molecule has 0 atom stereocenters. The highest BCUT2D eigenvalue weighted by atomic mass is 19.1. The number of ether oxygens (including phenoxy) is 2. The van der Waals surface area contributed by atoms with Crippen molar-refractivity contribution in [1.82, 2.24) is 30.0 Å². The lowest BCUT2D eigenvalue weighted by Gasteiger charge is -2.34. The van der Waals surface area contributed by atoms with Crippen LogP contribution in [0.4, 0.5) is 8.78 Å². The van der Waals surface area contributed by atoms with Crippen LogP contribution in [-0.2, 0) is 6.54 Å². The van der Waals surface area contributed by atoms with E-state index >= 15 is 0 Å². The van der Waals surface area contributed by atoms with Gasteiger partial charge < -0.3 is 19.3 Å². The Morgan fingerprint density at radius 3 is 2.45 bits per heavy atom. The van der Waals surface area contributed by atoms with E-state index in [1.165, 1.54) is 20.4 Å². The lowest BCUT2D eigenvalue weighted by atomic mass is 10.0. The van der Waals surface area contributed by atoms with Crippen LogP contribution in [0.2, 0.25) is 0 Å². The van der Waals surface area contributed by atoms with E-state index in [0.717, 1.165) is 43.1 Å². The van der Waals surface area contributed by atoms with Crippen molar-refractivity contribution in [3.05, 3.63) is 53.2 Å². The van der Waals surface area contributed by atoms with Crippen LogP contribution < -0.4 is 9.47 Å². The normalized spacial score (nSPS) is 16.3. The molecule has 1 saturated heterocycles. The first kappa shape index (κ1) is 24.2. The van der Waals surface area contributed by atoms with Crippen molar-refractivity contribution in [3.8, 4) is 34.1 Å². The molecule has 1 N–H and O–H groups in total. The molecule has 0 bridgehead atoms. The molecular weight excluding hydrogens is 494 g/mol. The van der Waals surface area contributed by atoms with Gasteiger partial charge in [-0.15, -0.1) is 0 Å². The van der Waals surface area contributed by atoms with Crippen LogP contribution >= 0.6 is 0 Å². The average molecular weight is 521 g/mol. The molecule has 4 aromatic rings. The molecule has 4 heterocycles. The van der Waals surface area contributed by atoms with E-state index in [4.69, 9.17) is 9.47 Å². The van der Waals surface area contributed by atoms with Crippen LogP contribution in [0.1, 0.15) is 28.8 Å². The Morgan fingerprint density at radius 1 is 1.05 bits per heavy atom. The van der Waals surface area contributed by atoms with Gasteiger partial charge in [-0.2, -0.15) is 5.10 Å². The third-order valence-electron chi connectivity index (χ3n) is 7.45. The molecule has 0 aliphatic carbocycles. The first-order valence-electron chi connectivity index (χ1n) is 12.3. The summed E-state index contributed by atoms with van der Waals surface area (Å²) in [6.07, 6.45) is 3.41. The summed E-state index contributed by atoms with van der Waals surface area (Å²) >= 11 is 0. The Kier molecular flexibility index (Phi) is 5.94. The molecule has 2 aromatic heterocycles. The number of methoxy groups -OCH3 is 2. The van der Waals surface area contributed by atoms with E-state index < -0.39 is 17.2 Å². The van der Waals surface area contributed by atoms with Crippen molar-refractivity contribution in [1.29, 1.82) is 0 Å². The number of aromatic nitrogens is 4. The maximum atomic E-state index is 15.0. The van der Waals surface area contributed by atoms with Crippen LogP contribution in [0.3, 0.4) is 0 Å². The van der Waals surface area contributed by atoms with Gasteiger partial charge in [0.25, 0.3) is 5.91 Å². The van der Waals surface area contributed by atoms with Crippen LogP contribution in [0, 0.1) is 11.6 Å². The number of piperidine rings is 1. The van der Waals surface area contributed by atoms with Crippen molar-refractivity contribution in [2.75, 3.05) is 34.4 Å². The van der Waals surface area contributed by atoms with Gasteiger partial charge in [-0.05, 0) is 50.7 Å². The molecule has 0 unspecified atom stereocenters. The number of nitrogens with zero attached hydrogens (tertiary/aromatic N) is 5. The second kappa shape index (κ2) is 9.32. The van der Waals surface area contributed by atoms with E-state index in [1.54, 1.807) is 0 Å². The third-order valence-corrected chi connectivity index (χ3v) is 7.45. The van der Waals surface area contributed by atoms with Gasteiger partial charge in [-0.1, -0.05) is 6.07 Å². The number of amides is 1. The number of hydrogen-bond acceptors (Lipinski definition) is 7. The Balaban J connectivity index is 1.33. The minimum absolute atomic E-state index is 0.0683. The second-order valence-electron chi connectivity index (χ2n) is 9.65. The van der Waals surface area contributed by atoms with Crippen LogP contribution in [-0.4, -0.2) is 76.3 Å².